The Hall–Kier alpha value is -2.18. The summed E-state index contributed by atoms with van der Waals surface area (Å²) < 4.78 is 0. The molecule has 2 saturated heterocycles. The van der Waals surface area contributed by atoms with Crippen LogP contribution in [0.1, 0.15) is 62.4 Å². The lowest BCUT2D eigenvalue weighted by molar-refractivity contribution is -0.129. The molecule has 28 heavy (non-hydrogen) atoms. The van der Waals surface area contributed by atoms with Crippen molar-refractivity contribution in [2.75, 3.05) is 26.2 Å². The summed E-state index contributed by atoms with van der Waals surface area (Å²) in [4.78, 5) is 37.5. The molecule has 4 rings (SSSR count). The number of amides is 3. The first-order valence-corrected chi connectivity index (χ1v) is 10.7. The van der Waals surface area contributed by atoms with Gasteiger partial charge < -0.3 is 15.1 Å². The first-order chi connectivity index (χ1) is 13.6. The Labute approximate surface area is 166 Å². The quantitative estimate of drug-likeness (QED) is 0.864. The maximum absolute atomic E-state index is 12.6. The second-order valence-electron chi connectivity index (χ2n) is 8.53. The minimum atomic E-state index is 0.00378. The van der Waals surface area contributed by atoms with E-state index in [-0.39, 0.29) is 17.9 Å². The summed E-state index contributed by atoms with van der Waals surface area (Å²) >= 11 is 0. The molecule has 1 N–H and O–H groups in total. The Morgan fingerprint density at radius 3 is 2.68 bits per heavy atom. The number of rotatable bonds is 4. The van der Waals surface area contributed by atoms with E-state index < -0.39 is 0 Å². The lowest BCUT2D eigenvalue weighted by Crippen LogP contribution is -2.45. The number of carbonyl (C=O) groups excluding carboxylic acids is 2. The molecule has 7 nitrogen and oxygen atoms in total. The highest BCUT2D eigenvalue weighted by molar-refractivity contribution is 5.79. The lowest BCUT2D eigenvalue weighted by Gasteiger charge is -2.32. The molecule has 1 aromatic heterocycles. The zero-order valence-electron chi connectivity index (χ0n) is 16.8. The zero-order valence-corrected chi connectivity index (χ0v) is 16.8. The number of aromatic nitrogens is 2. The van der Waals surface area contributed by atoms with Crippen LogP contribution >= 0.6 is 0 Å². The van der Waals surface area contributed by atoms with E-state index in [4.69, 9.17) is 0 Å². The number of nitrogens with zero attached hydrogens (tertiary/aromatic N) is 4. The number of nitrogens with one attached hydrogen (secondary N) is 1. The van der Waals surface area contributed by atoms with Gasteiger partial charge in [-0.1, -0.05) is 12.8 Å². The van der Waals surface area contributed by atoms with Crippen LogP contribution in [0.25, 0.3) is 0 Å². The van der Waals surface area contributed by atoms with Crippen molar-refractivity contribution in [1.82, 2.24) is 25.1 Å². The number of carbonyl (C=O) groups is 2. The van der Waals surface area contributed by atoms with Gasteiger partial charge in [-0.3, -0.25) is 4.79 Å². The van der Waals surface area contributed by atoms with E-state index in [0.717, 1.165) is 56.8 Å². The maximum Gasteiger partial charge on any atom is 0.317 e. The van der Waals surface area contributed by atoms with E-state index in [1.165, 1.54) is 12.8 Å². The van der Waals surface area contributed by atoms with Gasteiger partial charge in [0.05, 0.1) is 0 Å². The van der Waals surface area contributed by atoms with Crippen molar-refractivity contribution in [2.45, 2.75) is 63.8 Å². The number of urea groups is 1. The van der Waals surface area contributed by atoms with E-state index in [9.17, 15) is 9.59 Å². The lowest BCUT2D eigenvalue weighted by atomic mass is 9.93. The van der Waals surface area contributed by atoms with Crippen LogP contribution in [0.3, 0.4) is 0 Å². The number of hydrogen-bond donors (Lipinski definition) is 1. The second kappa shape index (κ2) is 8.45. The Kier molecular flexibility index (Phi) is 5.78. The van der Waals surface area contributed by atoms with Gasteiger partial charge in [0.2, 0.25) is 5.91 Å². The number of piperidine rings is 1. The normalized spacial score (nSPS) is 24.2. The highest BCUT2D eigenvalue weighted by Gasteiger charge is 2.35. The van der Waals surface area contributed by atoms with E-state index in [0.29, 0.717) is 24.9 Å². The third-order valence-corrected chi connectivity index (χ3v) is 6.54. The van der Waals surface area contributed by atoms with Crippen molar-refractivity contribution in [2.24, 2.45) is 5.92 Å². The van der Waals surface area contributed by atoms with Gasteiger partial charge in [-0.25, -0.2) is 14.8 Å². The summed E-state index contributed by atoms with van der Waals surface area (Å²) in [6.07, 6.45) is 9.01. The van der Waals surface area contributed by atoms with Crippen molar-refractivity contribution >= 4 is 11.9 Å². The summed E-state index contributed by atoms with van der Waals surface area (Å²) in [7, 11) is 0. The molecule has 1 aliphatic carbocycles. The van der Waals surface area contributed by atoms with Crippen molar-refractivity contribution in [3.05, 3.63) is 23.8 Å². The van der Waals surface area contributed by atoms with E-state index >= 15 is 0 Å². The SMILES string of the molecule is Cc1nccc(C2CCN(C(=O)NC[C@H]3CC(=O)N(C4CCCC4)C3)CC2)n1. The van der Waals surface area contributed by atoms with Crippen molar-refractivity contribution in [3.8, 4) is 0 Å². The molecule has 1 atom stereocenters. The second-order valence-corrected chi connectivity index (χ2v) is 8.53. The van der Waals surface area contributed by atoms with Crippen LogP contribution < -0.4 is 5.32 Å². The van der Waals surface area contributed by atoms with Gasteiger partial charge in [0, 0.05) is 62.4 Å². The summed E-state index contributed by atoms with van der Waals surface area (Å²) in [6, 6.07) is 2.43. The van der Waals surface area contributed by atoms with Crippen LogP contribution in [-0.4, -0.2) is 63.9 Å². The highest BCUT2D eigenvalue weighted by atomic mass is 16.2. The van der Waals surface area contributed by atoms with Gasteiger partial charge in [0.25, 0.3) is 0 Å². The molecule has 0 radical (unpaired) electrons. The van der Waals surface area contributed by atoms with E-state index in [1.807, 2.05) is 24.1 Å². The fourth-order valence-electron chi connectivity index (χ4n) is 4.94. The molecule has 3 fully saturated rings. The fourth-order valence-corrected chi connectivity index (χ4v) is 4.94. The van der Waals surface area contributed by atoms with Crippen LogP contribution in [0.4, 0.5) is 4.79 Å². The van der Waals surface area contributed by atoms with E-state index in [2.05, 4.69) is 20.2 Å². The van der Waals surface area contributed by atoms with Crippen LogP contribution in [-0.2, 0) is 4.79 Å². The number of hydrogen-bond acceptors (Lipinski definition) is 4. The molecule has 152 valence electrons. The van der Waals surface area contributed by atoms with Crippen LogP contribution in [0.5, 0.6) is 0 Å². The summed E-state index contributed by atoms with van der Waals surface area (Å²) in [5, 5.41) is 3.07. The molecular weight excluding hydrogens is 354 g/mol. The van der Waals surface area contributed by atoms with Gasteiger partial charge >= 0.3 is 6.03 Å². The Bertz CT molecular complexity index is 711. The van der Waals surface area contributed by atoms with Gasteiger partial charge in [0.15, 0.2) is 0 Å². The fraction of sp³-hybridized carbons (Fsp3) is 0.714. The molecule has 3 aliphatic rings. The molecule has 7 heteroatoms. The predicted octanol–water partition coefficient (Wildman–Crippen LogP) is 2.47. The van der Waals surface area contributed by atoms with Crippen molar-refractivity contribution < 1.29 is 9.59 Å². The van der Waals surface area contributed by atoms with Gasteiger partial charge in [0.1, 0.15) is 5.82 Å². The number of aryl methyl sites for hydroxylation is 1. The molecule has 3 amide bonds. The first-order valence-electron chi connectivity index (χ1n) is 10.7. The average molecular weight is 386 g/mol. The molecule has 0 aromatic carbocycles. The first kappa shape index (κ1) is 19.2. The molecule has 1 aromatic rings. The predicted molar refractivity (Wildman–Crippen MR) is 106 cm³/mol. The molecule has 0 spiro atoms. The van der Waals surface area contributed by atoms with Crippen molar-refractivity contribution in [3.63, 3.8) is 0 Å². The topological polar surface area (TPSA) is 78.4 Å². The van der Waals surface area contributed by atoms with E-state index in [1.54, 1.807) is 0 Å². The molecule has 0 bridgehead atoms. The minimum Gasteiger partial charge on any atom is -0.339 e. The molecule has 0 unspecified atom stereocenters. The monoisotopic (exact) mass is 385 g/mol. The largest absolute Gasteiger partial charge is 0.339 e. The standard InChI is InChI=1S/C21H31N5O2/c1-15-22-9-6-19(24-15)17-7-10-25(11-8-17)21(28)23-13-16-12-20(27)26(14-16)18-4-2-3-5-18/h6,9,16-18H,2-5,7-8,10-14H2,1H3,(H,23,28)/t16-/m1/s1. The summed E-state index contributed by atoms with van der Waals surface area (Å²) in [6.45, 7) is 4.81. The molecule has 2 aliphatic heterocycles. The number of likely N-dealkylation sites (tertiary alicyclic amines) is 2. The molecular formula is C21H31N5O2. The zero-order chi connectivity index (χ0) is 19.5. The minimum absolute atomic E-state index is 0.00378. The highest BCUT2D eigenvalue weighted by Crippen LogP contribution is 2.29. The van der Waals surface area contributed by atoms with Crippen LogP contribution in [0.2, 0.25) is 0 Å². The van der Waals surface area contributed by atoms with Crippen molar-refractivity contribution in [1.29, 1.82) is 0 Å². The molecule has 1 saturated carbocycles. The van der Waals surface area contributed by atoms with Gasteiger partial charge in [-0.2, -0.15) is 0 Å². The average Bonchev–Trinajstić information content (AvgIpc) is 3.36. The maximum atomic E-state index is 12.6. The third kappa shape index (κ3) is 4.28. The van der Waals surface area contributed by atoms with Gasteiger partial charge in [-0.05, 0) is 38.7 Å². The van der Waals surface area contributed by atoms with Crippen LogP contribution in [0.15, 0.2) is 12.3 Å². The Morgan fingerprint density at radius 2 is 1.96 bits per heavy atom. The Balaban J connectivity index is 1.21. The smallest absolute Gasteiger partial charge is 0.317 e. The van der Waals surface area contributed by atoms with Crippen LogP contribution in [0, 0.1) is 12.8 Å². The Morgan fingerprint density at radius 1 is 1.21 bits per heavy atom. The third-order valence-electron chi connectivity index (χ3n) is 6.54. The summed E-state index contributed by atoms with van der Waals surface area (Å²) in [5.74, 6) is 1.72. The van der Waals surface area contributed by atoms with Gasteiger partial charge in [-0.15, -0.1) is 0 Å². The molecule has 3 heterocycles. The summed E-state index contributed by atoms with van der Waals surface area (Å²) in [5.41, 5.74) is 1.09.